The Balaban J connectivity index is 1.38. The molecular formula is C18H19ClN6O2S2. The van der Waals surface area contributed by atoms with E-state index in [2.05, 4.69) is 20.5 Å². The fraction of sp³-hybridized carbons (Fsp3) is 0.278. The molecule has 1 fully saturated rings. The highest BCUT2D eigenvalue weighted by molar-refractivity contribution is 7.91. The first kappa shape index (κ1) is 20.0. The van der Waals surface area contributed by atoms with Gasteiger partial charge >= 0.3 is 0 Å². The highest BCUT2D eigenvalue weighted by Gasteiger charge is 2.30. The lowest BCUT2D eigenvalue weighted by atomic mass is 10.3. The third-order valence-electron chi connectivity index (χ3n) is 4.53. The summed E-state index contributed by atoms with van der Waals surface area (Å²) in [7, 11) is -3.50. The van der Waals surface area contributed by atoms with Gasteiger partial charge in [0.2, 0.25) is 0 Å². The van der Waals surface area contributed by atoms with Crippen molar-refractivity contribution in [1.29, 1.82) is 0 Å². The number of nitrogens with one attached hydrogen (secondary N) is 1. The third-order valence-corrected chi connectivity index (χ3v) is 8.12. The monoisotopic (exact) mass is 450 g/mol. The van der Waals surface area contributed by atoms with Gasteiger partial charge < -0.3 is 10.2 Å². The predicted molar refractivity (Wildman–Crippen MR) is 115 cm³/mol. The molecule has 0 bridgehead atoms. The second-order valence-corrected chi connectivity index (χ2v) is 10.4. The molecule has 0 aliphatic carbocycles. The quantitative estimate of drug-likeness (QED) is 0.638. The molecule has 3 aromatic rings. The Morgan fingerprint density at radius 2 is 1.83 bits per heavy atom. The summed E-state index contributed by atoms with van der Waals surface area (Å²) in [5, 5.41) is 11.6. The van der Waals surface area contributed by atoms with Gasteiger partial charge in [-0.3, -0.25) is 0 Å². The normalized spacial score (nSPS) is 15.4. The van der Waals surface area contributed by atoms with Crippen LogP contribution >= 0.6 is 22.9 Å². The molecule has 0 aromatic carbocycles. The molecule has 4 rings (SSSR count). The van der Waals surface area contributed by atoms with Crippen molar-refractivity contribution in [3.8, 4) is 0 Å². The molecule has 0 spiro atoms. The number of rotatable bonds is 5. The van der Waals surface area contributed by atoms with Crippen LogP contribution in [0, 0.1) is 6.92 Å². The first-order valence-corrected chi connectivity index (χ1v) is 11.6. The minimum Gasteiger partial charge on any atom is -0.352 e. The van der Waals surface area contributed by atoms with Gasteiger partial charge in [-0.15, -0.1) is 21.5 Å². The molecule has 1 aliphatic rings. The number of anilines is 3. The van der Waals surface area contributed by atoms with Crippen molar-refractivity contribution in [2.45, 2.75) is 11.1 Å². The minimum absolute atomic E-state index is 0.274. The zero-order valence-electron chi connectivity index (χ0n) is 15.6. The Labute approximate surface area is 178 Å². The molecule has 8 nitrogen and oxygen atoms in total. The van der Waals surface area contributed by atoms with Gasteiger partial charge in [0.05, 0.1) is 4.34 Å². The number of thiophene rings is 1. The Kier molecular flexibility index (Phi) is 5.68. The van der Waals surface area contributed by atoms with Crippen LogP contribution in [0.3, 0.4) is 0 Å². The van der Waals surface area contributed by atoms with E-state index in [0.29, 0.717) is 48.0 Å². The molecule has 4 heterocycles. The first-order chi connectivity index (χ1) is 13.9. The predicted octanol–water partition coefficient (Wildman–Crippen LogP) is 3.15. The van der Waals surface area contributed by atoms with E-state index < -0.39 is 10.0 Å². The average molecular weight is 451 g/mol. The number of aryl methyl sites for hydroxylation is 1. The van der Waals surface area contributed by atoms with Gasteiger partial charge in [0.15, 0.2) is 11.6 Å². The summed E-state index contributed by atoms with van der Waals surface area (Å²) in [6, 6.07) is 10.7. The number of piperazine rings is 1. The van der Waals surface area contributed by atoms with Crippen molar-refractivity contribution in [2.75, 3.05) is 36.4 Å². The van der Waals surface area contributed by atoms with Crippen molar-refractivity contribution >= 4 is 50.4 Å². The second-order valence-electron chi connectivity index (χ2n) is 6.57. The highest BCUT2D eigenvalue weighted by atomic mass is 35.5. The van der Waals surface area contributed by atoms with E-state index in [-0.39, 0.29) is 4.21 Å². The number of nitrogens with zero attached hydrogens (tertiary/aromatic N) is 5. The van der Waals surface area contributed by atoms with Crippen LogP contribution in [0.4, 0.5) is 17.5 Å². The molecule has 0 amide bonds. The fourth-order valence-corrected chi connectivity index (χ4v) is 6.08. The molecule has 11 heteroatoms. The molecule has 1 aliphatic heterocycles. The molecule has 0 atom stereocenters. The van der Waals surface area contributed by atoms with E-state index >= 15 is 0 Å². The molecule has 1 N–H and O–H groups in total. The van der Waals surface area contributed by atoms with E-state index in [4.69, 9.17) is 11.6 Å². The van der Waals surface area contributed by atoms with Crippen LogP contribution in [0.1, 0.15) is 5.56 Å². The number of pyridine rings is 1. The molecule has 0 unspecified atom stereocenters. The standard InChI is InChI=1S/C18H19ClN6O2S2/c1-13-6-7-20-16(12-13)21-15-3-4-17(23-22-15)24-8-10-25(11-9-24)29(26,27)18-5-2-14(19)28-18/h2-7,12H,8-11H2,1H3,(H,20,21,22). The van der Waals surface area contributed by atoms with E-state index in [9.17, 15) is 8.42 Å². The number of hydrogen-bond donors (Lipinski definition) is 1. The van der Waals surface area contributed by atoms with Crippen molar-refractivity contribution in [1.82, 2.24) is 19.5 Å². The first-order valence-electron chi connectivity index (χ1n) is 8.96. The zero-order chi connectivity index (χ0) is 20.4. The van der Waals surface area contributed by atoms with Crippen LogP contribution < -0.4 is 10.2 Å². The summed E-state index contributed by atoms with van der Waals surface area (Å²) < 4.78 is 27.6. The summed E-state index contributed by atoms with van der Waals surface area (Å²) in [6.45, 7) is 3.84. The van der Waals surface area contributed by atoms with E-state index in [0.717, 1.165) is 16.9 Å². The number of halogens is 1. The average Bonchev–Trinajstić information content (AvgIpc) is 3.16. The maximum atomic E-state index is 12.7. The maximum Gasteiger partial charge on any atom is 0.252 e. The van der Waals surface area contributed by atoms with Crippen LogP contribution in [0.25, 0.3) is 0 Å². The van der Waals surface area contributed by atoms with Gasteiger partial charge in [0.1, 0.15) is 10.0 Å². The van der Waals surface area contributed by atoms with Crippen molar-refractivity contribution in [3.05, 3.63) is 52.5 Å². The van der Waals surface area contributed by atoms with Crippen LogP contribution in [-0.4, -0.2) is 54.1 Å². The van der Waals surface area contributed by atoms with Crippen molar-refractivity contribution in [3.63, 3.8) is 0 Å². The third kappa shape index (κ3) is 4.50. The Bertz CT molecular complexity index is 1100. The lowest BCUT2D eigenvalue weighted by Crippen LogP contribution is -2.48. The van der Waals surface area contributed by atoms with Crippen LogP contribution in [0.5, 0.6) is 0 Å². The molecule has 0 radical (unpaired) electrons. The molecule has 3 aromatic heterocycles. The van der Waals surface area contributed by atoms with Gasteiger partial charge in [-0.1, -0.05) is 11.6 Å². The SMILES string of the molecule is Cc1ccnc(Nc2ccc(N3CCN(S(=O)(=O)c4ccc(Cl)s4)CC3)nn2)c1. The summed E-state index contributed by atoms with van der Waals surface area (Å²) in [6.07, 6.45) is 1.73. The van der Waals surface area contributed by atoms with Gasteiger partial charge in [-0.2, -0.15) is 4.31 Å². The summed E-state index contributed by atoms with van der Waals surface area (Å²) in [4.78, 5) is 6.27. The van der Waals surface area contributed by atoms with Crippen LogP contribution in [0.2, 0.25) is 4.34 Å². The summed E-state index contributed by atoms with van der Waals surface area (Å²) in [5.41, 5.74) is 1.10. The van der Waals surface area contributed by atoms with Crippen molar-refractivity contribution < 1.29 is 8.42 Å². The van der Waals surface area contributed by atoms with Crippen LogP contribution in [0.15, 0.2) is 46.8 Å². The smallest absolute Gasteiger partial charge is 0.252 e. The zero-order valence-corrected chi connectivity index (χ0v) is 18.0. The highest BCUT2D eigenvalue weighted by Crippen LogP contribution is 2.29. The van der Waals surface area contributed by atoms with Gasteiger partial charge in [-0.05, 0) is 48.9 Å². The largest absolute Gasteiger partial charge is 0.352 e. The Morgan fingerprint density at radius 3 is 2.45 bits per heavy atom. The lowest BCUT2D eigenvalue weighted by Gasteiger charge is -2.34. The van der Waals surface area contributed by atoms with E-state index in [1.54, 1.807) is 18.3 Å². The van der Waals surface area contributed by atoms with Crippen molar-refractivity contribution in [2.24, 2.45) is 0 Å². The molecular weight excluding hydrogens is 432 g/mol. The number of aromatic nitrogens is 3. The Hall–Kier alpha value is -2.27. The number of sulfonamides is 1. The second kappa shape index (κ2) is 8.23. The molecule has 1 saturated heterocycles. The van der Waals surface area contributed by atoms with Crippen LogP contribution in [-0.2, 0) is 10.0 Å². The summed E-state index contributed by atoms with van der Waals surface area (Å²) >= 11 is 6.96. The van der Waals surface area contributed by atoms with E-state index in [1.165, 1.54) is 4.31 Å². The van der Waals surface area contributed by atoms with E-state index in [1.807, 2.05) is 36.1 Å². The van der Waals surface area contributed by atoms with Gasteiger partial charge in [-0.25, -0.2) is 13.4 Å². The summed E-state index contributed by atoms with van der Waals surface area (Å²) in [5.74, 6) is 2.02. The van der Waals surface area contributed by atoms with Gasteiger partial charge in [0.25, 0.3) is 10.0 Å². The minimum atomic E-state index is -3.50. The van der Waals surface area contributed by atoms with Gasteiger partial charge in [0, 0.05) is 32.4 Å². The topological polar surface area (TPSA) is 91.3 Å². The number of hydrogen-bond acceptors (Lipinski definition) is 8. The Morgan fingerprint density at radius 1 is 1.03 bits per heavy atom. The molecule has 29 heavy (non-hydrogen) atoms. The fourth-order valence-electron chi connectivity index (χ4n) is 3.02. The molecule has 0 saturated carbocycles. The maximum absolute atomic E-state index is 12.7. The molecule has 152 valence electrons. The lowest BCUT2D eigenvalue weighted by molar-refractivity contribution is 0.384.